The average molecular weight is 612 g/mol. The smallest absolute Gasteiger partial charge is 0.335 e. The lowest BCUT2D eigenvalue weighted by molar-refractivity contribution is -0.269. The van der Waals surface area contributed by atoms with Crippen LogP contribution in [0, 0.1) is 0 Å². The zero-order chi connectivity index (χ0) is 29.2. The highest BCUT2D eigenvalue weighted by atomic mass is 35.5. The van der Waals surface area contributed by atoms with Crippen molar-refractivity contribution in [1.82, 2.24) is 15.4 Å². The lowest BCUT2D eigenvalue weighted by Crippen LogP contribution is -2.59. The van der Waals surface area contributed by atoms with Crippen molar-refractivity contribution in [2.24, 2.45) is 0 Å². The van der Waals surface area contributed by atoms with Crippen LogP contribution in [0.25, 0.3) is 5.70 Å². The highest BCUT2D eigenvalue weighted by Crippen LogP contribution is 2.50. The maximum Gasteiger partial charge on any atom is 0.428 e. The molecule has 5 nitrogen and oxygen atoms in total. The number of halogens is 12. The van der Waals surface area contributed by atoms with E-state index in [2.05, 4.69) is 4.98 Å². The summed E-state index contributed by atoms with van der Waals surface area (Å²) in [7, 11) is 0. The standard InChI is InChI=1S/C22H13Cl2F10N3O2/c23-13-4-11(3-12(17(13)24)21(29,30)31)19(22(32,33)34)5-14(36-39-19)10-1-2-15(35-7-10)18(25)8-37(9-18)16(38)6-20(26,27)28/h1-5,7,36H,6,8-9H2. The summed E-state index contributed by atoms with van der Waals surface area (Å²) >= 11 is 11.2. The Kier molecular flexibility index (Phi) is 7.04. The predicted molar refractivity (Wildman–Crippen MR) is 116 cm³/mol. The molecular formula is C22H13Cl2F10N3O2. The van der Waals surface area contributed by atoms with Gasteiger partial charge in [0.15, 0.2) is 5.67 Å². The van der Waals surface area contributed by atoms with E-state index in [0.717, 1.165) is 18.3 Å². The average Bonchev–Trinajstić information content (AvgIpc) is 3.24. The molecule has 0 aliphatic carbocycles. The fraction of sp³-hybridized carbons (Fsp3) is 0.364. The molecule has 2 aliphatic heterocycles. The van der Waals surface area contributed by atoms with Crippen LogP contribution in [-0.4, -0.2) is 41.2 Å². The molecule has 2 aliphatic rings. The van der Waals surface area contributed by atoms with Gasteiger partial charge in [-0.05, 0) is 30.3 Å². The molecule has 1 aromatic heterocycles. The van der Waals surface area contributed by atoms with Gasteiger partial charge < -0.3 is 4.90 Å². The Labute approximate surface area is 222 Å². The van der Waals surface area contributed by atoms with Crippen LogP contribution in [0.15, 0.2) is 36.5 Å². The van der Waals surface area contributed by atoms with Gasteiger partial charge in [0.05, 0.1) is 40.1 Å². The number of rotatable bonds is 4. The molecule has 3 heterocycles. The van der Waals surface area contributed by atoms with Crippen molar-refractivity contribution in [1.29, 1.82) is 0 Å². The SMILES string of the molecule is O=C(CC(F)(F)F)N1CC(F)(c2ccc(C3=CC(c4cc(Cl)c(Cl)c(C(F)(F)F)c4)(C(F)(F)F)ON3)cn2)C1. The first kappa shape index (κ1) is 29.2. The third-order valence-corrected chi connectivity index (χ3v) is 6.78. The molecule has 1 aromatic carbocycles. The third-order valence-electron chi connectivity index (χ3n) is 5.97. The van der Waals surface area contributed by atoms with Gasteiger partial charge in [-0.2, -0.15) is 39.5 Å². The molecule has 1 N–H and O–H groups in total. The van der Waals surface area contributed by atoms with E-state index in [1.165, 1.54) is 0 Å². The summed E-state index contributed by atoms with van der Waals surface area (Å²) < 4.78 is 135. The zero-order valence-electron chi connectivity index (χ0n) is 18.8. The maximum absolute atomic E-state index is 15.0. The van der Waals surface area contributed by atoms with Crippen LogP contribution in [0.3, 0.4) is 0 Å². The van der Waals surface area contributed by atoms with Crippen molar-refractivity contribution in [3.05, 3.63) is 69.0 Å². The number of carbonyl (C=O) groups is 1. The van der Waals surface area contributed by atoms with E-state index in [4.69, 9.17) is 28.0 Å². The van der Waals surface area contributed by atoms with E-state index in [1.807, 2.05) is 5.48 Å². The van der Waals surface area contributed by atoms with Crippen molar-refractivity contribution in [2.45, 2.75) is 36.2 Å². The topological polar surface area (TPSA) is 54.5 Å². The number of nitrogens with one attached hydrogen (secondary N) is 1. The highest BCUT2D eigenvalue weighted by Gasteiger charge is 2.60. The van der Waals surface area contributed by atoms with E-state index >= 15 is 4.39 Å². The van der Waals surface area contributed by atoms with Crippen molar-refractivity contribution in [3.8, 4) is 0 Å². The van der Waals surface area contributed by atoms with Crippen LogP contribution in [0.5, 0.6) is 0 Å². The van der Waals surface area contributed by atoms with Gasteiger partial charge in [0, 0.05) is 17.3 Å². The molecule has 1 unspecified atom stereocenters. The summed E-state index contributed by atoms with van der Waals surface area (Å²) in [4.78, 5) is 20.8. The van der Waals surface area contributed by atoms with Crippen molar-refractivity contribution < 1.29 is 53.5 Å². The van der Waals surface area contributed by atoms with Crippen molar-refractivity contribution in [2.75, 3.05) is 13.1 Å². The van der Waals surface area contributed by atoms with Crippen LogP contribution in [-0.2, 0) is 27.1 Å². The number of alkyl halides is 10. The van der Waals surface area contributed by atoms with Gasteiger partial charge >= 0.3 is 18.5 Å². The van der Waals surface area contributed by atoms with Gasteiger partial charge in [0.2, 0.25) is 11.5 Å². The fourth-order valence-corrected chi connectivity index (χ4v) is 4.43. The van der Waals surface area contributed by atoms with E-state index in [0.29, 0.717) is 17.0 Å². The fourth-order valence-electron chi connectivity index (χ4n) is 3.99. The maximum atomic E-state index is 15.0. The number of hydroxylamine groups is 1. The number of amides is 1. The quantitative estimate of drug-likeness (QED) is 0.391. The Balaban J connectivity index is 1.62. The molecule has 1 amide bonds. The number of hydrogen-bond acceptors (Lipinski definition) is 4. The zero-order valence-corrected chi connectivity index (χ0v) is 20.3. The number of carbonyl (C=O) groups excluding carboxylic acids is 1. The van der Waals surface area contributed by atoms with Gasteiger partial charge in [-0.1, -0.05) is 23.2 Å². The van der Waals surface area contributed by atoms with Crippen LogP contribution >= 0.6 is 23.2 Å². The Hall–Kier alpha value is -2.78. The summed E-state index contributed by atoms with van der Waals surface area (Å²) in [6.45, 7) is -1.43. The van der Waals surface area contributed by atoms with E-state index < -0.39 is 82.1 Å². The second-order valence-corrected chi connectivity index (χ2v) is 9.54. The summed E-state index contributed by atoms with van der Waals surface area (Å²) in [5.41, 5.74) is -7.21. The molecule has 17 heteroatoms. The molecule has 0 saturated carbocycles. The molecule has 212 valence electrons. The minimum atomic E-state index is -5.31. The first-order chi connectivity index (χ1) is 17.8. The minimum absolute atomic E-state index is 0.103. The van der Waals surface area contributed by atoms with E-state index in [9.17, 15) is 44.3 Å². The Morgan fingerprint density at radius 1 is 1.05 bits per heavy atom. The molecule has 39 heavy (non-hydrogen) atoms. The van der Waals surface area contributed by atoms with Crippen molar-refractivity contribution in [3.63, 3.8) is 0 Å². The van der Waals surface area contributed by atoms with Crippen LogP contribution in [0.4, 0.5) is 43.9 Å². The first-order valence-corrected chi connectivity index (χ1v) is 11.3. The summed E-state index contributed by atoms with van der Waals surface area (Å²) in [5.74, 6) is -1.33. The Morgan fingerprint density at radius 3 is 2.21 bits per heavy atom. The van der Waals surface area contributed by atoms with Crippen LogP contribution in [0.1, 0.15) is 28.8 Å². The molecule has 0 radical (unpaired) electrons. The predicted octanol–water partition coefficient (Wildman–Crippen LogP) is 6.70. The summed E-state index contributed by atoms with van der Waals surface area (Å²) in [6, 6.07) is 2.87. The molecular weight excluding hydrogens is 599 g/mol. The monoisotopic (exact) mass is 611 g/mol. The Morgan fingerprint density at radius 2 is 1.69 bits per heavy atom. The second kappa shape index (κ2) is 9.41. The number of nitrogens with zero attached hydrogens (tertiary/aromatic N) is 2. The normalized spacial score (nSPS) is 21.3. The number of aromatic nitrogens is 1. The number of likely N-dealkylation sites (tertiary alicyclic amines) is 1. The van der Waals surface area contributed by atoms with Gasteiger partial charge in [-0.25, -0.2) is 4.39 Å². The number of hydrogen-bond donors (Lipinski definition) is 1. The van der Waals surface area contributed by atoms with Gasteiger partial charge in [-0.3, -0.25) is 20.1 Å². The number of benzene rings is 1. The van der Waals surface area contributed by atoms with Crippen LogP contribution in [0.2, 0.25) is 10.0 Å². The molecule has 1 fully saturated rings. The molecule has 1 atom stereocenters. The molecule has 0 spiro atoms. The molecule has 1 saturated heterocycles. The summed E-state index contributed by atoms with van der Waals surface area (Å²) in [5, 5.41) is -1.81. The van der Waals surface area contributed by atoms with Gasteiger partial charge in [-0.15, -0.1) is 0 Å². The molecule has 4 rings (SSSR count). The van der Waals surface area contributed by atoms with E-state index in [1.54, 1.807) is 0 Å². The highest BCUT2D eigenvalue weighted by molar-refractivity contribution is 6.42. The minimum Gasteiger partial charge on any atom is -0.335 e. The van der Waals surface area contributed by atoms with Gasteiger partial charge in [0.25, 0.3) is 0 Å². The van der Waals surface area contributed by atoms with Crippen molar-refractivity contribution >= 4 is 34.8 Å². The van der Waals surface area contributed by atoms with Gasteiger partial charge in [0.1, 0.15) is 6.42 Å². The lowest BCUT2D eigenvalue weighted by atomic mass is 9.89. The third kappa shape index (κ3) is 5.48. The Bertz CT molecular complexity index is 1320. The number of pyridine rings is 1. The van der Waals surface area contributed by atoms with E-state index in [-0.39, 0.29) is 17.3 Å². The molecule has 2 aromatic rings. The van der Waals surface area contributed by atoms with Crippen LogP contribution < -0.4 is 5.48 Å². The molecule has 0 bridgehead atoms. The lowest BCUT2D eigenvalue weighted by Gasteiger charge is -2.44. The summed E-state index contributed by atoms with van der Waals surface area (Å²) in [6.07, 6.45) is -15.6. The second-order valence-electron chi connectivity index (χ2n) is 8.75. The first-order valence-electron chi connectivity index (χ1n) is 10.6. The largest absolute Gasteiger partial charge is 0.428 e.